The average Bonchev–Trinajstić information content (AvgIpc) is 2.82. The number of hydrogen-bond donors (Lipinski definition) is 1. The largest absolute Gasteiger partial charge is 0.396 e. The molecule has 2 amide bonds. The summed E-state index contributed by atoms with van der Waals surface area (Å²) in [6.07, 6.45) is 4.07. The van der Waals surface area contributed by atoms with Gasteiger partial charge in [-0.25, -0.2) is 4.90 Å². The smallest absolute Gasteiger partial charge is 0.251 e. The van der Waals surface area contributed by atoms with E-state index in [1.807, 2.05) is 32.0 Å². The number of amides is 2. The molecule has 2 atom stereocenters. The molecule has 2 saturated heterocycles. The van der Waals surface area contributed by atoms with E-state index >= 15 is 0 Å². The minimum atomic E-state index is -0.379. The summed E-state index contributed by atoms with van der Waals surface area (Å²) >= 11 is 0. The van der Waals surface area contributed by atoms with Crippen molar-refractivity contribution in [2.75, 3.05) is 18.1 Å². The SMILES string of the molecule is Cc1cc(C)cc(N2C(=O)C[C@@H](N3CCCC[C@@H]3CCO)C2=O)c1. The van der Waals surface area contributed by atoms with E-state index in [9.17, 15) is 14.7 Å². The topological polar surface area (TPSA) is 60.9 Å². The Morgan fingerprint density at radius 3 is 2.50 bits per heavy atom. The molecule has 2 aliphatic rings. The maximum absolute atomic E-state index is 13.0. The molecule has 5 heteroatoms. The molecular formula is C19H26N2O3. The molecule has 0 unspecified atom stereocenters. The van der Waals surface area contributed by atoms with Crippen molar-refractivity contribution in [1.82, 2.24) is 4.90 Å². The number of anilines is 1. The Labute approximate surface area is 143 Å². The molecule has 24 heavy (non-hydrogen) atoms. The Bertz CT molecular complexity index is 621. The second kappa shape index (κ2) is 7.03. The van der Waals surface area contributed by atoms with Crippen molar-refractivity contribution in [3.05, 3.63) is 29.3 Å². The van der Waals surface area contributed by atoms with Gasteiger partial charge >= 0.3 is 0 Å². The molecule has 0 spiro atoms. The number of aliphatic hydroxyl groups excluding tert-OH is 1. The number of likely N-dealkylation sites (tertiary alicyclic amines) is 1. The first kappa shape index (κ1) is 17.1. The van der Waals surface area contributed by atoms with E-state index in [1.54, 1.807) is 0 Å². The van der Waals surface area contributed by atoms with E-state index < -0.39 is 0 Å². The quantitative estimate of drug-likeness (QED) is 0.860. The Kier molecular flexibility index (Phi) is 5.01. The summed E-state index contributed by atoms with van der Waals surface area (Å²) < 4.78 is 0. The summed E-state index contributed by atoms with van der Waals surface area (Å²) in [5, 5.41) is 9.30. The molecule has 3 rings (SSSR count). The zero-order chi connectivity index (χ0) is 17.3. The summed E-state index contributed by atoms with van der Waals surface area (Å²) in [4.78, 5) is 29.1. The van der Waals surface area contributed by atoms with Crippen LogP contribution in [0, 0.1) is 13.8 Å². The first-order valence-electron chi connectivity index (χ1n) is 8.83. The fourth-order valence-electron chi connectivity index (χ4n) is 4.12. The molecule has 2 fully saturated rings. The van der Waals surface area contributed by atoms with E-state index in [0.717, 1.165) is 36.9 Å². The predicted molar refractivity (Wildman–Crippen MR) is 92.9 cm³/mol. The lowest BCUT2D eigenvalue weighted by molar-refractivity contribution is -0.123. The molecule has 0 saturated carbocycles. The van der Waals surface area contributed by atoms with E-state index in [0.29, 0.717) is 12.1 Å². The molecule has 2 heterocycles. The molecule has 1 N–H and O–H groups in total. The number of hydrogen-bond acceptors (Lipinski definition) is 4. The van der Waals surface area contributed by atoms with E-state index in [2.05, 4.69) is 4.90 Å². The normalized spacial score (nSPS) is 25.5. The van der Waals surface area contributed by atoms with Crippen molar-refractivity contribution < 1.29 is 14.7 Å². The van der Waals surface area contributed by atoms with E-state index in [1.165, 1.54) is 4.90 Å². The molecule has 0 aromatic heterocycles. The molecule has 1 aromatic rings. The maximum atomic E-state index is 13.0. The average molecular weight is 330 g/mol. The summed E-state index contributed by atoms with van der Waals surface area (Å²) in [6, 6.07) is 5.65. The van der Waals surface area contributed by atoms with Crippen LogP contribution in [0.2, 0.25) is 0 Å². The Hall–Kier alpha value is -1.72. The fraction of sp³-hybridized carbons (Fsp3) is 0.579. The van der Waals surface area contributed by atoms with Gasteiger partial charge in [0.15, 0.2) is 0 Å². The Balaban J connectivity index is 1.85. The Morgan fingerprint density at radius 1 is 1.12 bits per heavy atom. The number of rotatable bonds is 4. The minimum Gasteiger partial charge on any atom is -0.396 e. The van der Waals surface area contributed by atoms with Crippen molar-refractivity contribution in [3.8, 4) is 0 Å². The van der Waals surface area contributed by atoms with Gasteiger partial charge in [0.1, 0.15) is 0 Å². The van der Waals surface area contributed by atoms with Crippen LogP contribution in [-0.4, -0.2) is 47.1 Å². The van der Waals surface area contributed by atoms with Crippen LogP contribution in [0.25, 0.3) is 0 Å². The van der Waals surface area contributed by atoms with Crippen LogP contribution in [0.1, 0.15) is 43.2 Å². The van der Waals surface area contributed by atoms with Gasteiger partial charge in [0.05, 0.1) is 18.2 Å². The third kappa shape index (κ3) is 3.23. The van der Waals surface area contributed by atoms with Gasteiger partial charge in [0.2, 0.25) is 5.91 Å². The monoisotopic (exact) mass is 330 g/mol. The number of carbonyl (C=O) groups is 2. The zero-order valence-corrected chi connectivity index (χ0v) is 14.5. The van der Waals surface area contributed by atoms with Gasteiger partial charge in [-0.1, -0.05) is 12.5 Å². The summed E-state index contributed by atoms with van der Waals surface area (Å²) in [7, 11) is 0. The van der Waals surface area contributed by atoms with Crippen LogP contribution in [0.5, 0.6) is 0 Å². The molecule has 0 aliphatic carbocycles. The molecule has 130 valence electrons. The first-order valence-corrected chi connectivity index (χ1v) is 8.83. The number of piperidine rings is 1. The standard InChI is InChI=1S/C19H26N2O3/c1-13-9-14(2)11-16(10-13)21-18(23)12-17(19(21)24)20-7-4-3-5-15(20)6-8-22/h9-11,15,17,22H,3-8,12H2,1-2H3/t15-,17-/m1/s1. The highest BCUT2D eigenvalue weighted by molar-refractivity contribution is 6.22. The van der Waals surface area contributed by atoms with Crippen LogP contribution in [0.15, 0.2) is 18.2 Å². The van der Waals surface area contributed by atoms with Crippen molar-refractivity contribution >= 4 is 17.5 Å². The van der Waals surface area contributed by atoms with Gasteiger partial charge in [-0.05, 0) is 62.9 Å². The number of carbonyl (C=O) groups excluding carboxylic acids is 2. The predicted octanol–water partition coefficient (Wildman–Crippen LogP) is 2.17. The molecule has 0 radical (unpaired) electrons. The van der Waals surface area contributed by atoms with Crippen LogP contribution in [0.3, 0.4) is 0 Å². The van der Waals surface area contributed by atoms with Crippen molar-refractivity contribution in [2.24, 2.45) is 0 Å². The van der Waals surface area contributed by atoms with Gasteiger partial charge in [0, 0.05) is 12.6 Å². The van der Waals surface area contributed by atoms with Crippen LogP contribution < -0.4 is 4.90 Å². The van der Waals surface area contributed by atoms with Crippen molar-refractivity contribution in [1.29, 1.82) is 0 Å². The lowest BCUT2D eigenvalue weighted by atomic mass is 9.97. The highest BCUT2D eigenvalue weighted by Crippen LogP contribution is 2.31. The van der Waals surface area contributed by atoms with Gasteiger partial charge in [0.25, 0.3) is 5.91 Å². The first-order chi connectivity index (χ1) is 11.5. The molecule has 0 bridgehead atoms. The van der Waals surface area contributed by atoms with Crippen molar-refractivity contribution in [2.45, 2.75) is 58.0 Å². The van der Waals surface area contributed by atoms with E-state index in [4.69, 9.17) is 0 Å². The van der Waals surface area contributed by atoms with Crippen molar-refractivity contribution in [3.63, 3.8) is 0 Å². The summed E-state index contributed by atoms with van der Waals surface area (Å²) in [6.45, 7) is 4.90. The van der Waals surface area contributed by atoms with E-state index in [-0.39, 0.29) is 36.9 Å². The van der Waals surface area contributed by atoms with Crippen LogP contribution in [0.4, 0.5) is 5.69 Å². The number of aliphatic hydroxyl groups is 1. The van der Waals surface area contributed by atoms with Gasteiger partial charge in [-0.15, -0.1) is 0 Å². The number of benzene rings is 1. The number of imide groups is 1. The number of aryl methyl sites for hydroxylation is 2. The van der Waals surface area contributed by atoms with Gasteiger partial charge in [-0.3, -0.25) is 14.5 Å². The highest BCUT2D eigenvalue weighted by Gasteiger charge is 2.44. The minimum absolute atomic E-state index is 0.116. The number of nitrogens with zero attached hydrogens (tertiary/aromatic N) is 2. The molecule has 5 nitrogen and oxygen atoms in total. The van der Waals surface area contributed by atoms with Gasteiger partial charge < -0.3 is 5.11 Å². The summed E-state index contributed by atoms with van der Waals surface area (Å²) in [5.74, 6) is -0.238. The molecule has 1 aromatic carbocycles. The van der Waals surface area contributed by atoms with Gasteiger partial charge in [-0.2, -0.15) is 0 Å². The zero-order valence-electron chi connectivity index (χ0n) is 14.5. The maximum Gasteiger partial charge on any atom is 0.251 e. The fourth-order valence-corrected chi connectivity index (χ4v) is 4.12. The molecule has 2 aliphatic heterocycles. The lowest BCUT2D eigenvalue weighted by Gasteiger charge is -2.38. The van der Waals surface area contributed by atoms with Crippen LogP contribution >= 0.6 is 0 Å². The molecular weight excluding hydrogens is 304 g/mol. The second-order valence-electron chi connectivity index (χ2n) is 7.03. The highest BCUT2D eigenvalue weighted by atomic mass is 16.3. The third-order valence-electron chi connectivity index (χ3n) is 5.12. The Morgan fingerprint density at radius 2 is 1.83 bits per heavy atom. The van der Waals surface area contributed by atoms with Crippen LogP contribution in [-0.2, 0) is 9.59 Å². The second-order valence-corrected chi connectivity index (χ2v) is 7.03. The summed E-state index contributed by atoms with van der Waals surface area (Å²) in [5.41, 5.74) is 2.77. The lowest BCUT2D eigenvalue weighted by Crippen LogP contribution is -2.50. The third-order valence-corrected chi connectivity index (χ3v) is 5.12.